The Labute approximate surface area is 122 Å². The Morgan fingerprint density at radius 3 is 2.71 bits per heavy atom. The summed E-state index contributed by atoms with van der Waals surface area (Å²) in [6.45, 7) is 3.76. The standard InChI is InChI=1S/C15H17FN2O3/c1-3-11-13(15(20)21-4-2)17-18(14(11)19)9-10-7-5-6-8-12(10)16/h5-8,19H,3-4,9H2,1-2H3. The fourth-order valence-electron chi connectivity index (χ4n) is 2.08. The Balaban J connectivity index is 2.37. The Kier molecular flexibility index (Phi) is 4.57. The molecule has 1 aromatic carbocycles. The van der Waals surface area contributed by atoms with E-state index in [2.05, 4.69) is 5.10 Å². The second-order valence-electron chi connectivity index (χ2n) is 4.47. The monoisotopic (exact) mass is 292 g/mol. The van der Waals surface area contributed by atoms with Gasteiger partial charge in [0.2, 0.25) is 5.88 Å². The van der Waals surface area contributed by atoms with Gasteiger partial charge in [0.15, 0.2) is 5.69 Å². The van der Waals surface area contributed by atoms with Crippen LogP contribution in [-0.2, 0) is 17.7 Å². The van der Waals surface area contributed by atoms with Crippen LogP contribution < -0.4 is 0 Å². The van der Waals surface area contributed by atoms with Crippen molar-refractivity contribution in [2.75, 3.05) is 6.61 Å². The lowest BCUT2D eigenvalue weighted by molar-refractivity contribution is 0.0517. The van der Waals surface area contributed by atoms with Crippen molar-refractivity contribution in [3.05, 3.63) is 46.9 Å². The molecule has 5 nitrogen and oxygen atoms in total. The van der Waals surface area contributed by atoms with E-state index in [1.165, 1.54) is 10.7 Å². The van der Waals surface area contributed by atoms with Crippen molar-refractivity contribution in [2.45, 2.75) is 26.8 Å². The average molecular weight is 292 g/mol. The van der Waals surface area contributed by atoms with Gasteiger partial charge in [-0.05, 0) is 19.4 Å². The highest BCUT2D eigenvalue weighted by molar-refractivity contribution is 5.89. The quantitative estimate of drug-likeness (QED) is 0.860. The number of benzene rings is 1. The first-order valence-electron chi connectivity index (χ1n) is 6.77. The number of carbonyl (C=O) groups excluding carboxylic acids is 1. The lowest BCUT2D eigenvalue weighted by Gasteiger charge is -2.04. The Bertz CT molecular complexity index is 652. The maximum absolute atomic E-state index is 13.7. The van der Waals surface area contributed by atoms with Crippen LogP contribution in [0.2, 0.25) is 0 Å². The van der Waals surface area contributed by atoms with Crippen LogP contribution in [0.3, 0.4) is 0 Å². The summed E-state index contributed by atoms with van der Waals surface area (Å²) >= 11 is 0. The molecule has 1 N–H and O–H groups in total. The zero-order chi connectivity index (χ0) is 15.4. The van der Waals surface area contributed by atoms with Crippen LogP contribution in [-0.4, -0.2) is 27.5 Å². The zero-order valence-electron chi connectivity index (χ0n) is 12.0. The van der Waals surface area contributed by atoms with E-state index in [9.17, 15) is 14.3 Å². The third kappa shape index (κ3) is 3.04. The van der Waals surface area contributed by atoms with E-state index in [1.807, 2.05) is 0 Å². The van der Waals surface area contributed by atoms with Gasteiger partial charge in [0.05, 0.1) is 13.2 Å². The number of carbonyl (C=O) groups is 1. The number of aromatic hydroxyl groups is 1. The Morgan fingerprint density at radius 2 is 2.10 bits per heavy atom. The number of aromatic nitrogens is 2. The fourth-order valence-corrected chi connectivity index (χ4v) is 2.08. The zero-order valence-corrected chi connectivity index (χ0v) is 12.0. The highest BCUT2D eigenvalue weighted by Crippen LogP contribution is 2.24. The topological polar surface area (TPSA) is 64.3 Å². The van der Waals surface area contributed by atoms with Gasteiger partial charge in [-0.2, -0.15) is 5.10 Å². The first kappa shape index (κ1) is 15.0. The highest BCUT2D eigenvalue weighted by atomic mass is 19.1. The molecule has 21 heavy (non-hydrogen) atoms. The number of esters is 1. The summed E-state index contributed by atoms with van der Waals surface area (Å²) in [5, 5.41) is 14.2. The lowest BCUT2D eigenvalue weighted by Crippen LogP contribution is -2.09. The minimum Gasteiger partial charge on any atom is -0.493 e. The van der Waals surface area contributed by atoms with Gasteiger partial charge in [0.1, 0.15) is 5.82 Å². The number of hydrogen-bond donors (Lipinski definition) is 1. The van der Waals surface area contributed by atoms with Crippen molar-refractivity contribution in [1.29, 1.82) is 0 Å². The number of halogens is 1. The molecule has 0 fully saturated rings. The molecule has 0 unspecified atom stereocenters. The van der Waals surface area contributed by atoms with Crippen LogP contribution in [0.15, 0.2) is 24.3 Å². The molecule has 6 heteroatoms. The van der Waals surface area contributed by atoms with Gasteiger partial charge in [0.25, 0.3) is 0 Å². The van der Waals surface area contributed by atoms with Crippen LogP contribution >= 0.6 is 0 Å². The summed E-state index contributed by atoms with van der Waals surface area (Å²) in [5.41, 5.74) is 0.867. The largest absolute Gasteiger partial charge is 0.493 e. The van der Waals surface area contributed by atoms with Crippen LogP contribution in [0.25, 0.3) is 0 Å². The SMILES string of the molecule is CCOC(=O)c1nn(Cc2ccccc2F)c(O)c1CC. The smallest absolute Gasteiger partial charge is 0.359 e. The Morgan fingerprint density at radius 1 is 1.38 bits per heavy atom. The van der Waals surface area contributed by atoms with Crippen LogP contribution in [0, 0.1) is 5.82 Å². The number of ether oxygens (including phenoxy) is 1. The molecule has 1 heterocycles. The summed E-state index contributed by atoms with van der Waals surface area (Å²) in [5.74, 6) is -1.11. The summed E-state index contributed by atoms with van der Waals surface area (Å²) in [6, 6.07) is 6.23. The molecule has 0 bridgehead atoms. The van der Waals surface area contributed by atoms with E-state index in [-0.39, 0.29) is 30.5 Å². The predicted molar refractivity (Wildman–Crippen MR) is 74.7 cm³/mol. The average Bonchev–Trinajstić information content (AvgIpc) is 2.78. The first-order valence-corrected chi connectivity index (χ1v) is 6.77. The van der Waals surface area contributed by atoms with Gasteiger partial charge in [-0.25, -0.2) is 13.9 Å². The molecule has 0 saturated heterocycles. The Hall–Kier alpha value is -2.37. The first-order chi connectivity index (χ1) is 10.1. The minimum atomic E-state index is -0.586. The molecule has 0 aliphatic carbocycles. The molecule has 0 saturated carbocycles. The van der Waals surface area contributed by atoms with Crippen LogP contribution in [0.1, 0.15) is 35.5 Å². The predicted octanol–water partition coefficient (Wildman–Crippen LogP) is 2.52. The highest BCUT2D eigenvalue weighted by Gasteiger charge is 2.22. The van der Waals surface area contributed by atoms with Gasteiger partial charge in [-0.3, -0.25) is 0 Å². The third-order valence-electron chi connectivity index (χ3n) is 3.12. The van der Waals surface area contributed by atoms with E-state index >= 15 is 0 Å². The minimum absolute atomic E-state index is 0.0465. The van der Waals surface area contributed by atoms with E-state index in [4.69, 9.17) is 4.74 Å². The van der Waals surface area contributed by atoms with Gasteiger partial charge in [-0.1, -0.05) is 25.1 Å². The van der Waals surface area contributed by atoms with Crippen molar-refractivity contribution < 1.29 is 19.0 Å². The normalized spacial score (nSPS) is 10.6. The fraction of sp³-hybridized carbons (Fsp3) is 0.333. The molecular weight excluding hydrogens is 275 g/mol. The van der Waals surface area contributed by atoms with Crippen molar-refractivity contribution in [3.8, 4) is 5.88 Å². The molecular formula is C15H17FN2O3. The molecule has 0 atom stereocenters. The molecule has 0 aliphatic heterocycles. The summed E-state index contributed by atoms with van der Waals surface area (Å²) < 4.78 is 19.8. The van der Waals surface area contributed by atoms with Gasteiger partial charge in [0, 0.05) is 11.1 Å². The van der Waals surface area contributed by atoms with E-state index in [0.29, 0.717) is 17.5 Å². The second-order valence-corrected chi connectivity index (χ2v) is 4.47. The maximum Gasteiger partial charge on any atom is 0.359 e. The number of hydrogen-bond acceptors (Lipinski definition) is 4. The molecule has 1 aromatic heterocycles. The second kappa shape index (κ2) is 6.39. The summed E-state index contributed by atoms with van der Waals surface area (Å²) in [6.07, 6.45) is 0.428. The molecule has 0 spiro atoms. The van der Waals surface area contributed by atoms with Crippen molar-refractivity contribution in [1.82, 2.24) is 9.78 Å². The maximum atomic E-state index is 13.7. The van der Waals surface area contributed by atoms with Gasteiger partial charge >= 0.3 is 5.97 Å². The van der Waals surface area contributed by atoms with Crippen LogP contribution in [0.5, 0.6) is 5.88 Å². The van der Waals surface area contributed by atoms with Crippen molar-refractivity contribution in [3.63, 3.8) is 0 Å². The number of rotatable bonds is 5. The summed E-state index contributed by atoms with van der Waals surface area (Å²) in [7, 11) is 0. The molecule has 112 valence electrons. The molecule has 0 amide bonds. The van der Waals surface area contributed by atoms with Crippen molar-refractivity contribution in [2.24, 2.45) is 0 Å². The van der Waals surface area contributed by atoms with E-state index < -0.39 is 5.97 Å². The molecule has 0 aliphatic rings. The lowest BCUT2D eigenvalue weighted by atomic mass is 10.2. The molecule has 2 aromatic rings. The van der Waals surface area contributed by atoms with E-state index in [1.54, 1.807) is 32.0 Å². The summed E-state index contributed by atoms with van der Waals surface area (Å²) in [4.78, 5) is 11.8. The van der Waals surface area contributed by atoms with Gasteiger partial charge in [-0.15, -0.1) is 0 Å². The third-order valence-corrected chi connectivity index (χ3v) is 3.12. The van der Waals surface area contributed by atoms with Crippen LogP contribution in [0.4, 0.5) is 4.39 Å². The molecule has 0 radical (unpaired) electrons. The van der Waals surface area contributed by atoms with Gasteiger partial charge < -0.3 is 9.84 Å². The van der Waals surface area contributed by atoms with Crippen molar-refractivity contribution >= 4 is 5.97 Å². The number of nitrogens with zero attached hydrogens (tertiary/aromatic N) is 2. The van der Waals surface area contributed by atoms with E-state index in [0.717, 1.165) is 0 Å². The molecule has 2 rings (SSSR count).